The topological polar surface area (TPSA) is 67.4 Å². The molecule has 2 N–H and O–H groups in total. The minimum absolute atomic E-state index is 0.270. The molecule has 1 atom stereocenters. The maximum absolute atomic E-state index is 12.3. The highest BCUT2D eigenvalue weighted by Gasteiger charge is 2.25. The van der Waals surface area contributed by atoms with Crippen LogP contribution in [0.5, 0.6) is 5.75 Å². The van der Waals surface area contributed by atoms with Crippen molar-refractivity contribution in [1.82, 2.24) is 10.6 Å². The first-order valence-electron chi connectivity index (χ1n) is 6.70. The van der Waals surface area contributed by atoms with Crippen LogP contribution in [0.1, 0.15) is 11.7 Å². The average molecular weight is 353 g/mol. The fraction of sp³-hybridized carbons (Fsp3) is 0.125. The number of nitrogens with one attached hydrogen (secondary N) is 2. The Morgan fingerprint density at radius 1 is 1.09 bits per heavy atom. The molecule has 7 heteroatoms. The van der Waals surface area contributed by atoms with Crippen LogP contribution < -0.4 is 15.4 Å². The molecule has 0 spiro atoms. The van der Waals surface area contributed by atoms with Crippen LogP contribution in [0.25, 0.3) is 0 Å². The molecular formula is C16H14Cl2N2O3. The Bertz CT molecular complexity index is 708. The summed E-state index contributed by atoms with van der Waals surface area (Å²) in [7, 11) is 1.41. The number of hydrogen-bond acceptors (Lipinski definition) is 3. The van der Waals surface area contributed by atoms with E-state index in [2.05, 4.69) is 10.6 Å². The maximum Gasteiger partial charge on any atom is 0.321 e. The van der Waals surface area contributed by atoms with Crippen molar-refractivity contribution in [2.24, 2.45) is 0 Å². The van der Waals surface area contributed by atoms with Crippen LogP contribution in [-0.2, 0) is 4.79 Å². The van der Waals surface area contributed by atoms with E-state index >= 15 is 0 Å². The lowest BCUT2D eigenvalue weighted by molar-refractivity contribution is -0.127. The SMILES string of the molecule is CNC(=O)NC(=O)[C@@H](Oc1ccc(Cl)cc1Cl)c1ccccc1. The van der Waals surface area contributed by atoms with Crippen LogP contribution in [0.3, 0.4) is 0 Å². The second-order valence-corrected chi connectivity index (χ2v) is 5.40. The van der Waals surface area contributed by atoms with Crippen LogP contribution >= 0.6 is 23.2 Å². The molecule has 2 aromatic rings. The quantitative estimate of drug-likeness (QED) is 0.883. The van der Waals surface area contributed by atoms with Gasteiger partial charge in [-0.25, -0.2) is 4.79 Å². The van der Waals surface area contributed by atoms with E-state index in [9.17, 15) is 9.59 Å². The van der Waals surface area contributed by atoms with E-state index in [1.54, 1.807) is 36.4 Å². The number of hydrogen-bond donors (Lipinski definition) is 2. The third kappa shape index (κ3) is 4.61. The van der Waals surface area contributed by atoms with E-state index in [1.165, 1.54) is 13.1 Å². The Balaban J connectivity index is 2.30. The molecule has 0 aromatic heterocycles. The molecule has 23 heavy (non-hydrogen) atoms. The van der Waals surface area contributed by atoms with Crippen LogP contribution in [0, 0.1) is 0 Å². The number of carbonyl (C=O) groups excluding carboxylic acids is 2. The number of benzene rings is 2. The smallest absolute Gasteiger partial charge is 0.321 e. The molecule has 0 aliphatic heterocycles. The number of urea groups is 1. The van der Waals surface area contributed by atoms with Gasteiger partial charge in [0.15, 0.2) is 0 Å². The van der Waals surface area contributed by atoms with Gasteiger partial charge in [-0.3, -0.25) is 10.1 Å². The second kappa shape index (κ2) is 7.85. The monoisotopic (exact) mass is 352 g/mol. The Labute approximate surface area is 143 Å². The zero-order valence-corrected chi connectivity index (χ0v) is 13.7. The lowest BCUT2D eigenvalue weighted by atomic mass is 10.1. The fourth-order valence-corrected chi connectivity index (χ4v) is 2.29. The summed E-state index contributed by atoms with van der Waals surface area (Å²) in [4.78, 5) is 23.7. The molecule has 2 rings (SSSR count). The average Bonchev–Trinajstić information content (AvgIpc) is 2.54. The minimum Gasteiger partial charge on any atom is -0.474 e. The van der Waals surface area contributed by atoms with Crippen molar-refractivity contribution in [3.8, 4) is 5.75 Å². The number of imide groups is 1. The highest BCUT2D eigenvalue weighted by Crippen LogP contribution is 2.31. The summed E-state index contributed by atoms with van der Waals surface area (Å²) in [5.41, 5.74) is 0.583. The molecule has 5 nitrogen and oxygen atoms in total. The van der Waals surface area contributed by atoms with Gasteiger partial charge in [0.2, 0.25) is 6.10 Å². The summed E-state index contributed by atoms with van der Waals surface area (Å²) in [5, 5.41) is 5.23. The largest absolute Gasteiger partial charge is 0.474 e. The number of carbonyl (C=O) groups is 2. The summed E-state index contributed by atoms with van der Waals surface area (Å²) < 4.78 is 5.71. The highest BCUT2D eigenvalue weighted by molar-refractivity contribution is 6.35. The summed E-state index contributed by atoms with van der Waals surface area (Å²) in [6.07, 6.45) is -1.04. The maximum atomic E-state index is 12.3. The van der Waals surface area contributed by atoms with Gasteiger partial charge in [-0.15, -0.1) is 0 Å². The molecule has 0 heterocycles. The Hall–Kier alpha value is -2.24. The summed E-state index contributed by atoms with van der Waals surface area (Å²) >= 11 is 11.9. The number of rotatable bonds is 4. The van der Waals surface area contributed by atoms with Crippen molar-refractivity contribution in [3.05, 3.63) is 64.1 Å². The lowest BCUT2D eigenvalue weighted by Crippen LogP contribution is -2.41. The van der Waals surface area contributed by atoms with Crippen molar-refractivity contribution in [2.75, 3.05) is 7.05 Å². The van der Waals surface area contributed by atoms with E-state index in [4.69, 9.17) is 27.9 Å². The first kappa shape index (κ1) is 17.1. The van der Waals surface area contributed by atoms with Crippen molar-refractivity contribution in [3.63, 3.8) is 0 Å². The van der Waals surface area contributed by atoms with Gasteiger partial charge < -0.3 is 10.1 Å². The van der Waals surface area contributed by atoms with Gasteiger partial charge in [0.1, 0.15) is 5.75 Å². The van der Waals surface area contributed by atoms with Crippen LogP contribution in [0.4, 0.5) is 4.79 Å². The highest BCUT2D eigenvalue weighted by atomic mass is 35.5. The molecule has 3 amide bonds. The van der Waals surface area contributed by atoms with Gasteiger partial charge in [0.25, 0.3) is 5.91 Å². The molecule has 120 valence electrons. The summed E-state index contributed by atoms with van der Waals surface area (Å²) in [6, 6.07) is 12.8. The standard InChI is InChI=1S/C16H14Cl2N2O3/c1-19-16(22)20-15(21)14(10-5-3-2-4-6-10)23-13-8-7-11(17)9-12(13)18/h2-9,14H,1H3,(H2,19,20,21,22)/t14-/m0/s1. The van der Waals surface area contributed by atoms with Crippen molar-refractivity contribution in [1.29, 1.82) is 0 Å². The zero-order valence-electron chi connectivity index (χ0n) is 12.2. The van der Waals surface area contributed by atoms with E-state index in [-0.39, 0.29) is 10.8 Å². The fourth-order valence-electron chi connectivity index (χ4n) is 1.84. The number of ether oxygens (including phenoxy) is 1. The first-order chi connectivity index (χ1) is 11.0. The second-order valence-electron chi connectivity index (χ2n) is 4.55. The number of amides is 3. The van der Waals surface area contributed by atoms with Crippen LogP contribution in [0.15, 0.2) is 48.5 Å². The predicted molar refractivity (Wildman–Crippen MR) is 88.9 cm³/mol. The molecule has 0 bridgehead atoms. The van der Waals surface area contributed by atoms with Crippen LogP contribution in [0.2, 0.25) is 10.0 Å². The van der Waals surface area contributed by atoms with Crippen LogP contribution in [-0.4, -0.2) is 19.0 Å². The Morgan fingerprint density at radius 2 is 1.78 bits per heavy atom. The molecule has 0 saturated heterocycles. The molecular weight excluding hydrogens is 339 g/mol. The van der Waals surface area contributed by atoms with Gasteiger partial charge in [0.05, 0.1) is 5.02 Å². The lowest BCUT2D eigenvalue weighted by Gasteiger charge is -2.19. The zero-order chi connectivity index (χ0) is 16.8. The van der Waals surface area contributed by atoms with Gasteiger partial charge >= 0.3 is 6.03 Å². The summed E-state index contributed by atoms with van der Waals surface area (Å²) in [6.45, 7) is 0. The van der Waals surface area contributed by atoms with Gasteiger partial charge in [-0.2, -0.15) is 0 Å². The normalized spacial score (nSPS) is 11.4. The third-order valence-electron chi connectivity index (χ3n) is 2.94. The third-order valence-corrected chi connectivity index (χ3v) is 3.47. The van der Waals surface area contributed by atoms with Gasteiger partial charge in [-0.1, -0.05) is 53.5 Å². The molecule has 2 aromatic carbocycles. The number of halogens is 2. The minimum atomic E-state index is -1.04. The first-order valence-corrected chi connectivity index (χ1v) is 7.46. The molecule has 0 aliphatic carbocycles. The van der Waals surface area contributed by atoms with Crippen molar-refractivity contribution >= 4 is 35.1 Å². The molecule has 0 fully saturated rings. The van der Waals surface area contributed by atoms with Crippen molar-refractivity contribution in [2.45, 2.75) is 6.10 Å². The van der Waals surface area contributed by atoms with Gasteiger partial charge in [-0.05, 0) is 18.2 Å². The molecule has 0 aliphatic rings. The molecule has 0 radical (unpaired) electrons. The van der Waals surface area contributed by atoms with Crippen molar-refractivity contribution < 1.29 is 14.3 Å². The molecule has 0 unspecified atom stereocenters. The predicted octanol–water partition coefficient (Wildman–Crippen LogP) is 3.57. The van der Waals surface area contributed by atoms with E-state index in [0.717, 1.165) is 0 Å². The molecule has 0 saturated carbocycles. The van der Waals surface area contributed by atoms with E-state index < -0.39 is 18.0 Å². The van der Waals surface area contributed by atoms with E-state index in [0.29, 0.717) is 10.6 Å². The Kier molecular flexibility index (Phi) is 5.84. The summed E-state index contributed by atoms with van der Waals surface area (Å²) in [5.74, 6) is -0.321. The van der Waals surface area contributed by atoms with Gasteiger partial charge in [0, 0.05) is 17.6 Å². The van der Waals surface area contributed by atoms with E-state index in [1.807, 2.05) is 6.07 Å². The Morgan fingerprint density at radius 3 is 2.39 bits per heavy atom.